The number of hydrogen-bond donors (Lipinski definition) is 1. The summed E-state index contributed by atoms with van der Waals surface area (Å²) in [7, 11) is 0. The SMILES string of the molecule is CCCCN(c1ccc(CNCCC)c(Br)c1)C1CC1. The maximum atomic E-state index is 3.74. The van der Waals surface area contributed by atoms with E-state index in [9.17, 15) is 0 Å². The predicted molar refractivity (Wildman–Crippen MR) is 91.4 cm³/mol. The first kappa shape index (κ1) is 15.8. The first-order valence-electron chi connectivity index (χ1n) is 8.02. The fourth-order valence-corrected chi connectivity index (χ4v) is 3.00. The molecule has 0 atom stereocenters. The van der Waals surface area contributed by atoms with E-state index in [1.165, 1.54) is 54.4 Å². The number of halogens is 1. The van der Waals surface area contributed by atoms with Gasteiger partial charge in [-0.2, -0.15) is 0 Å². The van der Waals surface area contributed by atoms with E-state index in [0.717, 1.165) is 19.1 Å². The van der Waals surface area contributed by atoms with Crippen LogP contribution in [0, 0.1) is 0 Å². The summed E-state index contributed by atoms with van der Waals surface area (Å²) in [6, 6.07) is 7.65. The molecule has 0 saturated heterocycles. The Kier molecular flexibility index (Phi) is 6.37. The van der Waals surface area contributed by atoms with Gasteiger partial charge >= 0.3 is 0 Å². The molecule has 1 aromatic rings. The minimum absolute atomic E-state index is 0.789. The molecule has 1 aromatic carbocycles. The quantitative estimate of drug-likeness (QED) is 0.655. The minimum atomic E-state index is 0.789. The van der Waals surface area contributed by atoms with Gasteiger partial charge in [0.15, 0.2) is 0 Å². The third-order valence-electron chi connectivity index (χ3n) is 3.85. The molecule has 3 heteroatoms. The second-order valence-electron chi connectivity index (χ2n) is 5.73. The van der Waals surface area contributed by atoms with Crippen molar-refractivity contribution >= 4 is 21.6 Å². The van der Waals surface area contributed by atoms with Gasteiger partial charge in [0.05, 0.1) is 0 Å². The Balaban J connectivity index is 2.02. The fraction of sp³-hybridized carbons (Fsp3) is 0.647. The zero-order chi connectivity index (χ0) is 14.4. The highest BCUT2D eigenvalue weighted by atomic mass is 79.9. The summed E-state index contributed by atoms with van der Waals surface area (Å²) < 4.78 is 1.24. The first-order chi connectivity index (χ1) is 9.76. The number of nitrogens with zero attached hydrogens (tertiary/aromatic N) is 1. The fourth-order valence-electron chi connectivity index (χ4n) is 2.50. The lowest BCUT2D eigenvalue weighted by molar-refractivity contribution is 0.673. The number of hydrogen-bond acceptors (Lipinski definition) is 2. The van der Waals surface area contributed by atoms with Crippen molar-refractivity contribution in [2.75, 3.05) is 18.0 Å². The summed E-state index contributed by atoms with van der Waals surface area (Å²) >= 11 is 3.74. The van der Waals surface area contributed by atoms with Crippen LogP contribution in [0.1, 0.15) is 51.5 Å². The van der Waals surface area contributed by atoms with Crippen molar-refractivity contribution in [3.63, 3.8) is 0 Å². The summed E-state index contributed by atoms with van der Waals surface area (Å²) in [5, 5.41) is 3.47. The van der Waals surface area contributed by atoms with Crippen LogP contribution in [0.2, 0.25) is 0 Å². The maximum absolute atomic E-state index is 3.74. The monoisotopic (exact) mass is 338 g/mol. The summed E-state index contributed by atoms with van der Waals surface area (Å²) in [5.41, 5.74) is 2.74. The average Bonchev–Trinajstić information content (AvgIpc) is 3.26. The van der Waals surface area contributed by atoms with E-state index in [1.54, 1.807) is 0 Å². The summed E-state index contributed by atoms with van der Waals surface area (Å²) in [6.45, 7) is 7.70. The molecular formula is C17H27BrN2. The molecule has 20 heavy (non-hydrogen) atoms. The molecule has 1 saturated carbocycles. The van der Waals surface area contributed by atoms with Gasteiger partial charge in [0.1, 0.15) is 0 Å². The Morgan fingerprint density at radius 3 is 2.65 bits per heavy atom. The zero-order valence-corrected chi connectivity index (χ0v) is 14.4. The third-order valence-corrected chi connectivity index (χ3v) is 4.59. The molecule has 1 N–H and O–H groups in total. The van der Waals surface area contributed by atoms with Crippen molar-refractivity contribution in [1.82, 2.24) is 5.32 Å². The zero-order valence-electron chi connectivity index (χ0n) is 12.8. The Hall–Kier alpha value is -0.540. The summed E-state index contributed by atoms with van der Waals surface area (Å²) in [6.07, 6.45) is 6.46. The summed E-state index contributed by atoms with van der Waals surface area (Å²) in [5.74, 6) is 0. The van der Waals surface area contributed by atoms with Crippen LogP contribution in [0.5, 0.6) is 0 Å². The maximum Gasteiger partial charge on any atom is 0.0380 e. The van der Waals surface area contributed by atoms with Crippen molar-refractivity contribution in [3.8, 4) is 0 Å². The lowest BCUT2D eigenvalue weighted by Gasteiger charge is -2.25. The second-order valence-corrected chi connectivity index (χ2v) is 6.58. The van der Waals surface area contributed by atoms with Crippen molar-refractivity contribution in [1.29, 1.82) is 0 Å². The van der Waals surface area contributed by atoms with Gasteiger partial charge in [-0.25, -0.2) is 0 Å². The molecule has 0 radical (unpaired) electrons. The molecule has 2 nitrogen and oxygen atoms in total. The van der Waals surface area contributed by atoms with Crippen molar-refractivity contribution < 1.29 is 0 Å². The number of anilines is 1. The molecule has 0 amide bonds. The Labute approximate surface area is 132 Å². The van der Waals surface area contributed by atoms with Gasteiger partial charge in [0.25, 0.3) is 0 Å². The van der Waals surface area contributed by atoms with Gasteiger partial charge in [0.2, 0.25) is 0 Å². The highest BCUT2D eigenvalue weighted by Crippen LogP contribution is 2.34. The minimum Gasteiger partial charge on any atom is -0.369 e. The standard InChI is InChI=1S/C17H27BrN2/c1-3-5-11-20(15-8-9-15)16-7-6-14(17(18)12-16)13-19-10-4-2/h6-7,12,15,19H,3-5,8-11,13H2,1-2H3. The smallest absolute Gasteiger partial charge is 0.0380 e. The van der Waals surface area contributed by atoms with E-state index >= 15 is 0 Å². The van der Waals surface area contributed by atoms with E-state index in [2.05, 4.69) is 58.2 Å². The van der Waals surface area contributed by atoms with Crippen LogP contribution in [-0.4, -0.2) is 19.1 Å². The number of unbranched alkanes of at least 4 members (excludes halogenated alkanes) is 1. The first-order valence-corrected chi connectivity index (χ1v) is 8.81. The summed E-state index contributed by atoms with van der Waals surface area (Å²) in [4.78, 5) is 2.59. The molecule has 0 heterocycles. The highest BCUT2D eigenvalue weighted by molar-refractivity contribution is 9.10. The van der Waals surface area contributed by atoms with Crippen LogP contribution < -0.4 is 10.2 Å². The lowest BCUT2D eigenvalue weighted by atomic mass is 10.1. The Morgan fingerprint density at radius 2 is 2.05 bits per heavy atom. The molecule has 0 aliphatic heterocycles. The van der Waals surface area contributed by atoms with E-state index < -0.39 is 0 Å². The van der Waals surface area contributed by atoms with Gasteiger partial charge in [-0.1, -0.05) is 42.3 Å². The van der Waals surface area contributed by atoms with E-state index in [0.29, 0.717) is 0 Å². The number of rotatable bonds is 9. The Bertz CT molecular complexity index is 415. The predicted octanol–water partition coefficient (Wildman–Crippen LogP) is 4.72. The van der Waals surface area contributed by atoms with Gasteiger partial charge < -0.3 is 10.2 Å². The average molecular weight is 339 g/mol. The van der Waals surface area contributed by atoms with Crippen LogP contribution in [0.4, 0.5) is 5.69 Å². The Morgan fingerprint density at radius 1 is 1.25 bits per heavy atom. The van der Waals surface area contributed by atoms with Gasteiger partial charge in [-0.3, -0.25) is 0 Å². The molecule has 0 unspecified atom stereocenters. The highest BCUT2D eigenvalue weighted by Gasteiger charge is 2.28. The molecule has 112 valence electrons. The van der Waals surface area contributed by atoms with Gasteiger partial charge in [0, 0.05) is 29.3 Å². The van der Waals surface area contributed by atoms with Crippen LogP contribution in [0.3, 0.4) is 0 Å². The van der Waals surface area contributed by atoms with Crippen molar-refractivity contribution in [2.24, 2.45) is 0 Å². The van der Waals surface area contributed by atoms with Crippen molar-refractivity contribution in [3.05, 3.63) is 28.2 Å². The largest absolute Gasteiger partial charge is 0.369 e. The van der Waals surface area contributed by atoms with Gasteiger partial charge in [-0.15, -0.1) is 0 Å². The molecule has 0 aromatic heterocycles. The van der Waals surface area contributed by atoms with Crippen LogP contribution >= 0.6 is 15.9 Å². The van der Waals surface area contributed by atoms with Crippen molar-refractivity contribution in [2.45, 2.75) is 58.5 Å². The van der Waals surface area contributed by atoms with Crippen LogP contribution in [-0.2, 0) is 6.54 Å². The molecule has 0 spiro atoms. The molecular weight excluding hydrogens is 312 g/mol. The number of nitrogens with one attached hydrogen (secondary N) is 1. The topological polar surface area (TPSA) is 15.3 Å². The van der Waals surface area contributed by atoms with Gasteiger partial charge in [-0.05, 0) is 49.9 Å². The van der Waals surface area contributed by atoms with E-state index in [-0.39, 0.29) is 0 Å². The molecule has 1 aliphatic rings. The molecule has 1 fully saturated rings. The second kappa shape index (κ2) is 8.04. The molecule has 1 aliphatic carbocycles. The third kappa shape index (κ3) is 4.49. The lowest BCUT2D eigenvalue weighted by Crippen LogP contribution is -2.26. The van der Waals surface area contributed by atoms with E-state index in [1.807, 2.05) is 0 Å². The van der Waals surface area contributed by atoms with E-state index in [4.69, 9.17) is 0 Å². The van der Waals surface area contributed by atoms with Crippen LogP contribution in [0.25, 0.3) is 0 Å². The normalized spacial score (nSPS) is 14.6. The molecule has 0 bridgehead atoms. The number of benzene rings is 1. The van der Waals surface area contributed by atoms with Crippen LogP contribution in [0.15, 0.2) is 22.7 Å². The molecule has 2 rings (SSSR count).